The maximum Gasteiger partial charge on any atom is 2.00 e. The Hall–Kier alpha value is -2.13. The van der Waals surface area contributed by atoms with E-state index < -0.39 is 20.5 Å². The van der Waals surface area contributed by atoms with Crippen LogP contribution >= 0.6 is 0 Å². The van der Waals surface area contributed by atoms with E-state index >= 15 is 0 Å². The molecule has 6 rings (SSSR count). The minimum absolute atomic E-state index is 0. The molecule has 3 aliphatic rings. The molecular weight excluding hydrogens is 936 g/mol. The van der Waals surface area contributed by atoms with Crippen LogP contribution in [0.15, 0.2) is 76.7 Å². The molecule has 0 N–H and O–H groups in total. The van der Waals surface area contributed by atoms with E-state index in [1.807, 2.05) is 54.9 Å². The van der Waals surface area contributed by atoms with Crippen molar-refractivity contribution in [2.24, 2.45) is 9.98 Å². The molecule has 4 bridgehead atoms. The largest absolute Gasteiger partial charge is 2.00 e. The van der Waals surface area contributed by atoms with Gasteiger partial charge >= 0.3 is 27.3 Å². The van der Waals surface area contributed by atoms with E-state index in [9.17, 15) is 0 Å². The van der Waals surface area contributed by atoms with E-state index in [0.29, 0.717) is 52.9 Å². The summed E-state index contributed by atoms with van der Waals surface area (Å²) in [4.78, 5) is 19.1. The molecule has 0 unspecified atom stereocenters. The quantitative estimate of drug-likeness (QED) is 0.190. The third kappa shape index (κ3) is 23.4. The zero-order chi connectivity index (χ0) is 37.7. The summed E-state index contributed by atoms with van der Waals surface area (Å²) in [6.07, 6.45) is 3.65. The normalized spacial score (nSPS) is 19.5. The molecule has 1 fully saturated rings. The molecule has 3 aliphatic heterocycles. The number of rotatable bonds is 0. The number of fused-ring (bicyclic) bond motifs is 14. The van der Waals surface area contributed by atoms with Crippen molar-refractivity contribution < 1.29 is 76.7 Å². The average molecular weight is 978 g/mol. The Morgan fingerprint density at radius 2 is 0.774 bits per heavy atom. The first kappa shape index (κ1) is 47.0. The number of hydrogen-bond donors (Lipinski definition) is 0. The minimum Gasteiger partial charge on any atom is -0.378 e. The average Bonchev–Trinajstić information content (AvgIpc) is 3.07. The molecule has 4 heterocycles. The molecule has 2 radical (unpaired) electrons. The van der Waals surface area contributed by atoms with Crippen molar-refractivity contribution in [3.05, 3.63) is 89.2 Å². The second-order valence-electron chi connectivity index (χ2n) is 11.0. The van der Waals surface area contributed by atoms with Gasteiger partial charge in [-0.3, -0.25) is 19.8 Å². The maximum absolute atomic E-state index is 8.49. The molecule has 1 saturated heterocycles. The van der Waals surface area contributed by atoms with Gasteiger partial charge in [-0.25, -0.2) is 42.3 Å². The van der Waals surface area contributed by atoms with Crippen molar-refractivity contribution >= 4 is 51.1 Å². The first-order valence-corrected chi connectivity index (χ1v) is 18.5. The van der Waals surface area contributed by atoms with Crippen molar-refractivity contribution in [1.29, 1.82) is 0 Å². The molecule has 2 aromatic carbocycles. The van der Waals surface area contributed by atoms with Gasteiger partial charge in [0.2, 0.25) is 0 Å². The fourth-order valence-electron chi connectivity index (χ4n) is 4.87. The van der Waals surface area contributed by atoms with Gasteiger partial charge in [0.05, 0.1) is 88.0 Å². The minimum atomic E-state index is -4.94. The summed E-state index contributed by atoms with van der Waals surface area (Å²) in [5, 5.41) is 0. The van der Waals surface area contributed by atoms with Crippen LogP contribution in [0.25, 0.3) is 0 Å². The maximum atomic E-state index is 8.49. The number of para-hydroxylation sites is 2. The molecule has 53 heavy (non-hydrogen) atoms. The predicted molar refractivity (Wildman–Crippen MR) is 171 cm³/mol. The third-order valence-corrected chi connectivity index (χ3v) is 7.19. The molecule has 20 heteroatoms. The Balaban J connectivity index is 0.000000783. The van der Waals surface area contributed by atoms with Crippen LogP contribution < -0.4 is 37.3 Å². The van der Waals surface area contributed by atoms with Crippen molar-refractivity contribution in [1.82, 2.24) is 14.8 Å². The summed E-state index contributed by atoms with van der Waals surface area (Å²) in [6.45, 7) is 9.38. The summed E-state index contributed by atoms with van der Waals surface area (Å²) < 4.78 is 91.7. The van der Waals surface area contributed by atoms with E-state index in [2.05, 4.69) is 34.1 Å². The number of pyridine rings is 1. The van der Waals surface area contributed by atoms with Gasteiger partial charge in [0.1, 0.15) is 0 Å². The Kier molecular flexibility index (Phi) is 22.9. The van der Waals surface area contributed by atoms with Gasteiger partial charge in [-0.15, -0.1) is 20.5 Å². The van der Waals surface area contributed by atoms with Gasteiger partial charge in [-0.05, 0) is 35.4 Å². The van der Waals surface area contributed by atoms with Crippen LogP contribution in [-0.2, 0) is 32.0 Å². The molecule has 288 valence electrons. The second-order valence-corrected chi connectivity index (χ2v) is 12.5. The number of ether oxygens (including phenoxy) is 4. The van der Waals surface area contributed by atoms with Crippen LogP contribution in [0.5, 0.6) is 0 Å². The molecular formula is C33H41Cl2N5O12Pb. The van der Waals surface area contributed by atoms with Crippen LogP contribution in [0.3, 0.4) is 0 Å². The molecule has 0 saturated carbocycles. The van der Waals surface area contributed by atoms with Gasteiger partial charge in [0, 0.05) is 39.3 Å². The Morgan fingerprint density at radius 1 is 0.453 bits per heavy atom. The van der Waals surface area contributed by atoms with Crippen LogP contribution in [0, 0.1) is 20.5 Å². The van der Waals surface area contributed by atoms with Crippen LogP contribution in [-0.4, -0.2) is 134 Å². The zero-order valence-electron chi connectivity index (χ0n) is 28.8. The predicted octanol–water partition coefficient (Wildman–Crippen LogP) is -5.61. The third-order valence-electron chi connectivity index (χ3n) is 7.19. The summed E-state index contributed by atoms with van der Waals surface area (Å²) in [5.41, 5.74) is 5.68. The number of benzene rings is 2. The van der Waals surface area contributed by atoms with Gasteiger partial charge in [0.25, 0.3) is 0 Å². The number of aromatic nitrogens is 1. The Labute approximate surface area is 332 Å². The summed E-state index contributed by atoms with van der Waals surface area (Å²) in [5.74, 6) is 0. The fourth-order valence-corrected chi connectivity index (χ4v) is 4.87. The van der Waals surface area contributed by atoms with E-state index in [1.54, 1.807) is 0 Å². The SMILES string of the molecule is C1=Nc2ccccc2CN2CCOCCOCCN(CCOCCOCC2)Cc2ccccc2N=Cc2cccc1n2.[O-][Cl+3]([O-])([O-])[O-].[O-][Cl+3]([O-])([O-])[O-].[Pb+2]. The molecule has 0 atom stereocenters. The van der Waals surface area contributed by atoms with E-state index in [1.165, 1.54) is 0 Å². The first-order valence-electron chi connectivity index (χ1n) is 16.0. The Morgan fingerprint density at radius 3 is 1.11 bits per heavy atom. The first-order chi connectivity index (χ1) is 24.8. The standard InChI is InChI=1S/C33H41N5O4.2ClHO4.Pb/c1-3-10-32-28(6-1)26-37-12-16-39-20-22-41-18-14-38(15-19-42-23-21-40-17-13-37)27-29-7-2-4-11-33(29)35-25-31-9-5-8-30(36-31)24-34-32;2*2-1(3,4)5;/h1-11,24-25H,12-23,26-27H2;2*(H,2,3,4,5);/q;;;+2/p-2. The van der Waals surface area contributed by atoms with Crippen LogP contribution in [0.2, 0.25) is 0 Å². The smallest absolute Gasteiger partial charge is 0.378 e. The number of halogens is 2. The van der Waals surface area contributed by atoms with E-state index in [0.717, 1.165) is 73.2 Å². The topological polar surface area (TPSA) is 265 Å². The molecule has 0 aliphatic carbocycles. The number of aliphatic imine (C=N–C) groups is 2. The zero-order valence-corrected chi connectivity index (χ0v) is 34.2. The fraction of sp³-hybridized carbons (Fsp3) is 0.424. The molecule has 17 nitrogen and oxygen atoms in total. The monoisotopic (exact) mass is 977 g/mol. The van der Waals surface area contributed by atoms with Gasteiger partial charge in [-0.1, -0.05) is 42.5 Å². The summed E-state index contributed by atoms with van der Waals surface area (Å²) in [6, 6.07) is 22.4. The van der Waals surface area contributed by atoms with Crippen LogP contribution in [0.1, 0.15) is 22.5 Å². The summed E-state index contributed by atoms with van der Waals surface area (Å²) >= 11 is 0. The van der Waals surface area contributed by atoms with Crippen LogP contribution in [0.4, 0.5) is 11.4 Å². The van der Waals surface area contributed by atoms with Crippen molar-refractivity contribution in [3.8, 4) is 0 Å². The second kappa shape index (κ2) is 25.9. The molecule has 0 amide bonds. The van der Waals surface area contributed by atoms with Crippen molar-refractivity contribution in [3.63, 3.8) is 0 Å². The number of nitrogens with zero attached hydrogens (tertiary/aromatic N) is 5. The van der Waals surface area contributed by atoms with E-state index in [-0.39, 0.29) is 27.3 Å². The number of hydrogen-bond acceptors (Lipinski definition) is 17. The summed E-state index contributed by atoms with van der Waals surface area (Å²) in [7, 11) is -9.89. The molecule has 3 aromatic rings. The van der Waals surface area contributed by atoms with Crippen molar-refractivity contribution in [2.75, 3.05) is 79.0 Å². The van der Waals surface area contributed by atoms with E-state index in [4.69, 9.17) is 71.2 Å². The molecule has 0 spiro atoms. The van der Waals surface area contributed by atoms with Gasteiger partial charge in [-0.2, -0.15) is 0 Å². The van der Waals surface area contributed by atoms with Gasteiger partial charge in [0.15, 0.2) is 0 Å². The Bertz CT molecular complexity index is 1380. The van der Waals surface area contributed by atoms with Crippen molar-refractivity contribution in [2.45, 2.75) is 13.1 Å². The molecule has 1 aromatic heterocycles. The van der Waals surface area contributed by atoms with Gasteiger partial charge < -0.3 is 18.9 Å².